The Kier molecular flexibility index (Phi) is 11.2. The minimum Gasteiger partial charge on any atom is -0.497 e. The molecule has 3 atom stereocenters. The summed E-state index contributed by atoms with van der Waals surface area (Å²) in [5, 5.41) is 9.04. The monoisotopic (exact) mass is 491 g/mol. The lowest BCUT2D eigenvalue weighted by atomic mass is 10.1. The van der Waals surface area contributed by atoms with E-state index in [1.54, 1.807) is 14.2 Å². The number of hydrogen-bond donors (Lipinski definition) is 0. The van der Waals surface area contributed by atoms with Gasteiger partial charge in [-0.05, 0) is 48.7 Å². The van der Waals surface area contributed by atoms with Gasteiger partial charge in [-0.2, -0.15) is 5.26 Å². The van der Waals surface area contributed by atoms with Crippen LogP contribution in [0.2, 0.25) is 18.1 Å². The zero-order chi connectivity index (χ0) is 25.2. The van der Waals surface area contributed by atoms with Gasteiger partial charge in [0.15, 0.2) is 14.6 Å². The van der Waals surface area contributed by atoms with Gasteiger partial charge in [0, 0.05) is 19.1 Å². The molecule has 0 aliphatic carbocycles. The summed E-state index contributed by atoms with van der Waals surface area (Å²) < 4.78 is 35.1. The zero-order valence-electron chi connectivity index (χ0n) is 21.8. The largest absolute Gasteiger partial charge is 0.497 e. The molecule has 1 saturated heterocycles. The molecule has 1 fully saturated rings. The SMILES string of the molecule is COCOC/C(=C/[C@@H]1OC(c2ccc(OC)cc2)O[C@H]1CO[Si](C)(C)C(C)(C)C)CCCC#N. The van der Waals surface area contributed by atoms with Crippen LogP contribution in [0.25, 0.3) is 0 Å². The summed E-state index contributed by atoms with van der Waals surface area (Å²) in [5.41, 5.74) is 1.99. The maximum Gasteiger partial charge on any atom is 0.192 e. The summed E-state index contributed by atoms with van der Waals surface area (Å²) >= 11 is 0. The minimum atomic E-state index is -1.96. The van der Waals surface area contributed by atoms with Crippen molar-refractivity contribution in [2.24, 2.45) is 0 Å². The van der Waals surface area contributed by atoms with Crippen LogP contribution in [0.4, 0.5) is 0 Å². The van der Waals surface area contributed by atoms with Crippen molar-refractivity contribution in [3.8, 4) is 11.8 Å². The first-order chi connectivity index (χ1) is 16.1. The second-order valence-corrected chi connectivity index (χ2v) is 14.9. The molecule has 1 unspecified atom stereocenters. The van der Waals surface area contributed by atoms with Crippen LogP contribution < -0.4 is 4.74 Å². The number of rotatable bonds is 13. The molecular weight excluding hydrogens is 450 g/mol. The van der Waals surface area contributed by atoms with Crippen LogP contribution in [0.3, 0.4) is 0 Å². The van der Waals surface area contributed by atoms with Crippen LogP contribution in [-0.2, 0) is 23.4 Å². The summed E-state index contributed by atoms with van der Waals surface area (Å²) in [6, 6.07) is 9.92. The highest BCUT2D eigenvalue weighted by molar-refractivity contribution is 6.74. The minimum absolute atomic E-state index is 0.101. The molecule has 1 aromatic rings. The quantitative estimate of drug-likeness (QED) is 0.151. The van der Waals surface area contributed by atoms with Crippen LogP contribution in [0.5, 0.6) is 5.75 Å². The third-order valence-corrected chi connectivity index (χ3v) is 10.9. The van der Waals surface area contributed by atoms with Gasteiger partial charge in [-0.25, -0.2) is 0 Å². The zero-order valence-corrected chi connectivity index (χ0v) is 22.8. The smallest absolute Gasteiger partial charge is 0.192 e. The van der Waals surface area contributed by atoms with E-state index in [0.717, 1.165) is 29.7 Å². The molecule has 0 amide bonds. The summed E-state index contributed by atoms with van der Waals surface area (Å²) in [7, 11) is 1.29. The molecule has 1 aliphatic heterocycles. The van der Waals surface area contributed by atoms with E-state index in [1.807, 2.05) is 24.3 Å². The average Bonchev–Trinajstić information content (AvgIpc) is 3.20. The number of benzene rings is 1. The maximum atomic E-state index is 8.94. The Bertz CT molecular complexity index is 812. The standard InChI is InChI=1S/C26H41NO6Si/c1-26(2,3)34(6,7)31-18-24-23(16-20(10-8-9-15-27)17-30-19-28-4)32-25(33-24)21-11-13-22(29-5)14-12-21/h11-14,16,23-25H,8-10,17-19H2,1-7H3/b20-16+/t23-,24-,25?/m0/s1. The van der Waals surface area contributed by atoms with Crippen LogP contribution in [0.1, 0.15) is 51.9 Å². The molecule has 0 aromatic heterocycles. The predicted molar refractivity (Wildman–Crippen MR) is 134 cm³/mol. The van der Waals surface area contributed by atoms with E-state index in [-0.39, 0.29) is 24.0 Å². The van der Waals surface area contributed by atoms with Crippen molar-refractivity contribution in [3.63, 3.8) is 0 Å². The van der Waals surface area contributed by atoms with Crippen molar-refractivity contribution in [1.82, 2.24) is 0 Å². The first-order valence-corrected chi connectivity index (χ1v) is 14.7. The van der Waals surface area contributed by atoms with Gasteiger partial charge in [0.25, 0.3) is 0 Å². The maximum absolute atomic E-state index is 8.94. The van der Waals surface area contributed by atoms with Gasteiger partial charge in [0.1, 0.15) is 24.8 Å². The van der Waals surface area contributed by atoms with E-state index in [1.165, 1.54) is 0 Å². The molecule has 1 aliphatic rings. The molecule has 0 saturated carbocycles. The summed E-state index contributed by atoms with van der Waals surface area (Å²) in [6.07, 6.45) is 3.04. The van der Waals surface area contributed by atoms with Crippen molar-refractivity contribution in [2.45, 2.75) is 76.7 Å². The molecule has 7 nitrogen and oxygen atoms in total. The summed E-state index contributed by atoms with van der Waals surface area (Å²) in [4.78, 5) is 0. The van der Waals surface area contributed by atoms with Crippen molar-refractivity contribution in [2.75, 3.05) is 34.2 Å². The van der Waals surface area contributed by atoms with Gasteiger partial charge in [-0.15, -0.1) is 0 Å². The fraction of sp³-hybridized carbons (Fsp3) is 0.654. The molecule has 190 valence electrons. The van der Waals surface area contributed by atoms with Crippen LogP contribution in [0.15, 0.2) is 35.9 Å². The van der Waals surface area contributed by atoms with Gasteiger partial charge >= 0.3 is 0 Å². The molecule has 0 bridgehead atoms. The fourth-order valence-corrected chi connectivity index (χ4v) is 4.30. The van der Waals surface area contributed by atoms with Crippen molar-refractivity contribution in [3.05, 3.63) is 41.5 Å². The van der Waals surface area contributed by atoms with Gasteiger partial charge in [-0.1, -0.05) is 39.0 Å². The molecule has 8 heteroatoms. The number of unbranched alkanes of at least 4 members (excludes halogenated alkanes) is 1. The van der Waals surface area contributed by atoms with Crippen LogP contribution in [0, 0.1) is 11.3 Å². The van der Waals surface area contributed by atoms with E-state index >= 15 is 0 Å². The highest BCUT2D eigenvalue weighted by Gasteiger charge is 2.41. The molecule has 0 radical (unpaired) electrons. The predicted octanol–water partition coefficient (Wildman–Crippen LogP) is 5.74. The molecular formula is C26H41NO6Si. The summed E-state index contributed by atoms with van der Waals surface area (Å²) in [6.45, 7) is 12.2. The van der Waals surface area contributed by atoms with Crippen molar-refractivity contribution >= 4 is 8.32 Å². The Labute approximate surface area is 206 Å². The number of methoxy groups -OCH3 is 2. The third-order valence-electron chi connectivity index (χ3n) is 6.42. The van der Waals surface area contributed by atoms with Gasteiger partial charge in [-0.3, -0.25) is 0 Å². The first-order valence-electron chi connectivity index (χ1n) is 11.8. The van der Waals surface area contributed by atoms with E-state index in [9.17, 15) is 0 Å². The van der Waals surface area contributed by atoms with E-state index < -0.39 is 14.6 Å². The second-order valence-electron chi connectivity index (χ2n) is 10.0. The Balaban J connectivity index is 2.23. The fourth-order valence-electron chi connectivity index (χ4n) is 3.29. The molecule has 0 N–H and O–H groups in total. The third kappa shape index (κ3) is 8.49. The van der Waals surface area contributed by atoms with E-state index in [2.05, 4.69) is 46.0 Å². The normalized spacial score (nSPS) is 21.5. The Morgan fingerprint density at radius 1 is 1.15 bits per heavy atom. The van der Waals surface area contributed by atoms with Gasteiger partial charge in [0.05, 0.1) is 26.4 Å². The average molecular weight is 492 g/mol. The topological polar surface area (TPSA) is 79.2 Å². The Morgan fingerprint density at radius 2 is 1.85 bits per heavy atom. The van der Waals surface area contributed by atoms with Crippen LogP contribution >= 0.6 is 0 Å². The molecule has 1 aromatic carbocycles. The highest BCUT2D eigenvalue weighted by atomic mass is 28.4. The second kappa shape index (κ2) is 13.4. The number of nitriles is 1. The lowest BCUT2D eigenvalue weighted by molar-refractivity contribution is -0.0702. The van der Waals surface area contributed by atoms with Gasteiger partial charge in [0.2, 0.25) is 0 Å². The Hall–Kier alpha value is -1.73. The van der Waals surface area contributed by atoms with Gasteiger partial charge < -0.3 is 28.1 Å². The lowest BCUT2D eigenvalue weighted by Gasteiger charge is -2.37. The Morgan fingerprint density at radius 3 is 2.44 bits per heavy atom. The van der Waals surface area contributed by atoms with E-state index in [0.29, 0.717) is 19.6 Å². The van der Waals surface area contributed by atoms with Crippen LogP contribution in [-0.4, -0.2) is 54.8 Å². The van der Waals surface area contributed by atoms with Crippen molar-refractivity contribution < 1.29 is 28.1 Å². The molecule has 0 spiro atoms. The highest BCUT2D eigenvalue weighted by Crippen LogP contribution is 2.39. The molecule has 2 rings (SSSR count). The van der Waals surface area contributed by atoms with E-state index in [4.69, 9.17) is 33.4 Å². The number of hydrogen-bond acceptors (Lipinski definition) is 7. The van der Waals surface area contributed by atoms with Crippen molar-refractivity contribution in [1.29, 1.82) is 5.26 Å². The molecule has 1 heterocycles. The summed E-state index contributed by atoms with van der Waals surface area (Å²) in [5.74, 6) is 0.783. The number of nitrogens with zero attached hydrogens (tertiary/aromatic N) is 1. The lowest BCUT2D eigenvalue weighted by Crippen LogP contribution is -2.43. The molecule has 34 heavy (non-hydrogen) atoms. The number of ether oxygens (including phenoxy) is 5. The first kappa shape index (κ1) is 28.5.